The van der Waals surface area contributed by atoms with Gasteiger partial charge in [0.05, 0.1) is 28.9 Å². The van der Waals surface area contributed by atoms with Crippen LogP contribution in [-0.4, -0.2) is 40.0 Å². The molecule has 170 valence electrons. The Hall–Kier alpha value is -3.60. The summed E-state index contributed by atoms with van der Waals surface area (Å²) in [4.78, 5) is 54.0. The van der Waals surface area contributed by atoms with E-state index < -0.39 is 29.3 Å². The van der Waals surface area contributed by atoms with E-state index in [-0.39, 0.29) is 23.4 Å². The molecule has 9 nitrogen and oxygen atoms in total. The van der Waals surface area contributed by atoms with Gasteiger partial charge in [0.1, 0.15) is 11.9 Å². The van der Waals surface area contributed by atoms with E-state index in [1.165, 1.54) is 28.8 Å². The molecular formula is C22H19FN4O5S. The SMILES string of the molecule is O=C1CSc2ccc(N3CC(CCCn4c(=O)[nH]c5ccc(F)cc5c4=O)OC3=O)cc2N1. The smallest absolute Gasteiger partial charge is 0.414 e. The number of carbonyl (C=O) groups excluding carboxylic acids is 2. The van der Waals surface area contributed by atoms with E-state index in [9.17, 15) is 23.6 Å². The van der Waals surface area contributed by atoms with Crippen LogP contribution in [0, 0.1) is 5.82 Å². The molecule has 0 aliphatic carbocycles. The number of benzene rings is 2. The van der Waals surface area contributed by atoms with Crippen LogP contribution in [0.5, 0.6) is 0 Å². The molecular weight excluding hydrogens is 451 g/mol. The first-order chi connectivity index (χ1) is 15.9. The maximum atomic E-state index is 13.5. The van der Waals surface area contributed by atoms with Crippen LogP contribution in [0.4, 0.5) is 20.6 Å². The Morgan fingerprint density at radius 2 is 1.97 bits per heavy atom. The number of cyclic esters (lactones) is 1. The van der Waals surface area contributed by atoms with Gasteiger partial charge in [-0.15, -0.1) is 11.8 Å². The fourth-order valence-electron chi connectivity index (χ4n) is 4.02. The molecule has 3 heterocycles. The lowest BCUT2D eigenvalue weighted by Crippen LogP contribution is -2.35. The fourth-order valence-corrected chi connectivity index (χ4v) is 4.81. The minimum atomic E-state index is -0.571. The zero-order valence-electron chi connectivity index (χ0n) is 17.3. The van der Waals surface area contributed by atoms with Crippen LogP contribution in [0.3, 0.4) is 0 Å². The molecule has 33 heavy (non-hydrogen) atoms. The van der Waals surface area contributed by atoms with Crippen LogP contribution in [0.15, 0.2) is 50.9 Å². The molecule has 0 bridgehead atoms. The Balaban J connectivity index is 1.26. The standard InChI is InChI=1S/C22H19FN4O5S/c23-12-3-5-16-15(8-12)20(29)26(21(30)25-16)7-1-2-14-10-27(22(31)32-14)13-4-6-18-17(9-13)24-19(28)11-33-18/h3-6,8-9,14H,1-2,7,10-11H2,(H,24,28)(H,25,30). The molecule has 1 saturated heterocycles. The van der Waals surface area contributed by atoms with Crippen LogP contribution in [-0.2, 0) is 16.1 Å². The van der Waals surface area contributed by atoms with Crippen LogP contribution in [0.25, 0.3) is 10.9 Å². The average Bonchev–Trinajstić information content (AvgIpc) is 3.16. The summed E-state index contributed by atoms with van der Waals surface area (Å²) >= 11 is 1.44. The highest BCUT2D eigenvalue weighted by atomic mass is 32.2. The van der Waals surface area contributed by atoms with Crippen molar-refractivity contribution in [3.63, 3.8) is 0 Å². The van der Waals surface area contributed by atoms with Crippen LogP contribution in [0.1, 0.15) is 12.8 Å². The molecule has 0 spiro atoms. The lowest BCUT2D eigenvalue weighted by atomic mass is 10.2. The van der Waals surface area contributed by atoms with Crippen LogP contribution >= 0.6 is 11.8 Å². The van der Waals surface area contributed by atoms with E-state index in [4.69, 9.17) is 4.74 Å². The van der Waals surface area contributed by atoms with Crippen molar-refractivity contribution < 1.29 is 18.7 Å². The minimum Gasteiger partial charge on any atom is -0.444 e. The van der Waals surface area contributed by atoms with Gasteiger partial charge >= 0.3 is 11.8 Å². The second-order valence-corrected chi connectivity index (χ2v) is 8.87. The van der Waals surface area contributed by atoms with Gasteiger partial charge in [-0.2, -0.15) is 0 Å². The normalized spacial score (nSPS) is 17.7. The van der Waals surface area contributed by atoms with Crippen molar-refractivity contribution in [2.45, 2.75) is 30.4 Å². The van der Waals surface area contributed by atoms with Crippen molar-refractivity contribution in [1.82, 2.24) is 9.55 Å². The van der Waals surface area contributed by atoms with Gasteiger partial charge in [-0.3, -0.25) is 19.1 Å². The van der Waals surface area contributed by atoms with Gasteiger partial charge in [0.2, 0.25) is 5.91 Å². The van der Waals surface area contributed by atoms with Crippen molar-refractivity contribution >= 4 is 46.0 Å². The summed E-state index contributed by atoms with van der Waals surface area (Å²) in [5, 5.41) is 2.90. The zero-order chi connectivity index (χ0) is 23.1. The van der Waals surface area contributed by atoms with Gasteiger partial charge in [0.25, 0.3) is 5.56 Å². The molecule has 1 unspecified atom stereocenters. The molecule has 2 aliphatic heterocycles. The topological polar surface area (TPSA) is 114 Å². The van der Waals surface area contributed by atoms with Gasteiger partial charge in [-0.1, -0.05) is 0 Å². The zero-order valence-corrected chi connectivity index (χ0v) is 18.1. The summed E-state index contributed by atoms with van der Waals surface area (Å²) in [6.07, 6.45) is -0.0598. The minimum absolute atomic E-state index is 0.0896. The first kappa shape index (κ1) is 21.3. The Kier molecular flexibility index (Phi) is 5.41. The predicted octanol–water partition coefficient (Wildman–Crippen LogP) is 2.68. The Labute approximate surface area is 190 Å². The van der Waals surface area contributed by atoms with Crippen LogP contribution < -0.4 is 21.5 Å². The summed E-state index contributed by atoms with van der Waals surface area (Å²) in [5.41, 5.74) is 0.428. The number of carbonyl (C=O) groups is 2. The molecule has 0 radical (unpaired) electrons. The molecule has 1 atom stereocenters. The number of H-pyrrole nitrogens is 1. The number of hydrogen-bond donors (Lipinski definition) is 2. The predicted molar refractivity (Wildman–Crippen MR) is 121 cm³/mol. The number of amides is 2. The van der Waals surface area contributed by atoms with Gasteiger partial charge in [0.15, 0.2) is 0 Å². The van der Waals surface area contributed by atoms with E-state index in [1.54, 1.807) is 12.1 Å². The number of aromatic nitrogens is 2. The average molecular weight is 470 g/mol. The summed E-state index contributed by atoms with van der Waals surface area (Å²) in [6.45, 7) is 0.420. The molecule has 5 rings (SSSR count). The molecule has 3 aromatic rings. The number of rotatable bonds is 5. The number of halogens is 1. The molecule has 2 aromatic carbocycles. The molecule has 2 amide bonds. The number of nitrogens with zero attached hydrogens (tertiary/aromatic N) is 2. The van der Waals surface area contributed by atoms with Crippen molar-refractivity contribution in [3.05, 3.63) is 63.1 Å². The number of hydrogen-bond acceptors (Lipinski definition) is 6. The number of fused-ring (bicyclic) bond motifs is 2. The van der Waals surface area contributed by atoms with Crippen molar-refractivity contribution in [1.29, 1.82) is 0 Å². The fraction of sp³-hybridized carbons (Fsp3) is 0.273. The Morgan fingerprint density at radius 1 is 1.12 bits per heavy atom. The van der Waals surface area contributed by atoms with Gasteiger partial charge in [0, 0.05) is 17.1 Å². The van der Waals surface area contributed by atoms with Crippen molar-refractivity contribution in [3.8, 4) is 0 Å². The number of aromatic amines is 1. The molecule has 1 fully saturated rings. The van der Waals surface area contributed by atoms with E-state index in [1.807, 2.05) is 6.07 Å². The monoisotopic (exact) mass is 470 g/mol. The second kappa shape index (κ2) is 8.39. The lowest BCUT2D eigenvalue weighted by Gasteiger charge is -2.20. The number of anilines is 2. The van der Waals surface area contributed by atoms with E-state index >= 15 is 0 Å². The molecule has 2 N–H and O–H groups in total. The number of ether oxygens (including phenoxy) is 1. The molecule has 0 saturated carbocycles. The third kappa shape index (κ3) is 4.11. The van der Waals surface area contributed by atoms with Gasteiger partial charge in [-0.25, -0.2) is 14.0 Å². The number of nitrogens with one attached hydrogen (secondary N) is 2. The van der Waals surface area contributed by atoms with E-state index in [2.05, 4.69) is 10.3 Å². The first-order valence-corrected chi connectivity index (χ1v) is 11.3. The molecule has 1 aromatic heterocycles. The largest absolute Gasteiger partial charge is 0.444 e. The molecule has 2 aliphatic rings. The summed E-state index contributed by atoms with van der Waals surface area (Å²) < 4.78 is 20.0. The quantitative estimate of drug-likeness (QED) is 0.593. The summed E-state index contributed by atoms with van der Waals surface area (Å²) in [5.74, 6) is -0.289. The third-order valence-corrected chi connectivity index (χ3v) is 6.71. The number of thioether (sulfide) groups is 1. The maximum absolute atomic E-state index is 13.5. The van der Waals surface area contributed by atoms with Crippen molar-refractivity contribution in [2.75, 3.05) is 22.5 Å². The third-order valence-electron chi connectivity index (χ3n) is 5.63. The molecule has 11 heteroatoms. The van der Waals surface area contributed by atoms with Crippen molar-refractivity contribution in [2.24, 2.45) is 0 Å². The lowest BCUT2D eigenvalue weighted by molar-refractivity contribution is -0.113. The van der Waals surface area contributed by atoms with Crippen LogP contribution in [0.2, 0.25) is 0 Å². The summed E-state index contributed by atoms with van der Waals surface area (Å²) in [7, 11) is 0. The second-order valence-electron chi connectivity index (χ2n) is 7.85. The van der Waals surface area contributed by atoms with Gasteiger partial charge in [-0.05, 0) is 49.2 Å². The maximum Gasteiger partial charge on any atom is 0.414 e. The Morgan fingerprint density at radius 3 is 2.82 bits per heavy atom. The van der Waals surface area contributed by atoms with E-state index in [0.717, 1.165) is 15.5 Å². The van der Waals surface area contributed by atoms with E-state index in [0.29, 0.717) is 36.5 Å². The first-order valence-electron chi connectivity index (χ1n) is 10.4. The Bertz CT molecular complexity index is 1400. The highest BCUT2D eigenvalue weighted by Crippen LogP contribution is 2.35. The summed E-state index contributed by atoms with van der Waals surface area (Å²) in [6, 6.07) is 9.04. The highest BCUT2D eigenvalue weighted by molar-refractivity contribution is 8.00. The highest BCUT2D eigenvalue weighted by Gasteiger charge is 2.32. The van der Waals surface area contributed by atoms with Gasteiger partial charge < -0.3 is 15.0 Å².